The number of hydrogen-bond acceptors (Lipinski definition) is 4. The number of allylic oxidation sites excluding steroid dienone is 1. The molecule has 0 saturated heterocycles. The van der Waals surface area contributed by atoms with Crippen molar-refractivity contribution in [3.8, 4) is 0 Å². The van der Waals surface area contributed by atoms with Crippen molar-refractivity contribution in [2.24, 2.45) is 0 Å². The lowest BCUT2D eigenvalue weighted by Crippen LogP contribution is -2.07. The second-order valence-corrected chi connectivity index (χ2v) is 3.11. The molecule has 0 aliphatic rings. The van der Waals surface area contributed by atoms with E-state index in [1.807, 2.05) is 0 Å². The molecule has 1 rings (SSSR count). The molecule has 0 aliphatic carbocycles. The van der Waals surface area contributed by atoms with E-state index < -0.39 is 16.4 Å². The fourth-order valence-electron chi connectivity index (χ4n) is 0.920. The Morgan fingerprint density at radius 1 is 1.50 bits per heavy atom. The maximum Gasteiger partial charge on any atom is 0.321 e. The molecule has 0 saturated carbocycles. The van der Waals surface area contributed by atoms with Crippen LogP contribution in [0, 0.1) is 21.3 Å². The Kier molecular flexibility index (Phi) is 3.96. The third-order valence-electron chi connectivity index (χ3n) is 1.66. The molecule has 7 heteroatoms. The van der Waals surface area contributed by atoms with Crippen LogP contribution in [0.2, 0.25) is 0 Å². The maximum atomic E-state index is 12.6. The highest BCUT2D eigenvalue weighted by atomic mass is 35.5. The maximum absolute atomic E-state index is 12.6. The average molecular weight is 244 g/mol. The third-order valence-corrected chi connectivity index (χ3v) is 1.94. The van der Waals surface area contributed by atoms with Gasteiger partial charge in [0.1, 0.15) is 5.82 Å². The number of anilines is 1. The van der Waals surface area contributed by atoms with Crippen LogP contribution in [-0.4, -0.2) is 11.1 Å². The van der Waals surface area contributed by atoms with Crippen LogP contribution in [0.4, 0.5) is 10.1 Å². The molecule has 0 fully saturated rings. The van der Waals surface area contributed by atoms with Gasteiger partial charge in [0.15, 0.2) is 5.16 Å². The molecule has 1 aromatic carbocycles. The summed E-state index contributed by atoms with van der Waals surface area (Å²) in [5.41, 5.74) is -0.168. The van der Waals surface area contributed by atoms with Crippen LogP contribution in [0.25, 0.3) is 0 Å². The molecule has 0 aromatic heterocycles. The molecule has 0 heterocycles. The molecule has 0 aliphatic heterocycles. The van der Waals surface area contributed by atoms with Gasteiger partial charge in [0.05, 0.1) is 11.1 Å². The van der Waals surface area contributed by atoms with Crippen LogP contribution >= 0.6 is 11.6 Å². The Labute approximate surface area is 95.2 Å². The lowest BCUT2D eigenvalue weighted by atomic mass is 10.3. The van der Waals surface area contributed by atoms with E-state index in [0.717, 1.165) is 0 Å². The molecule has 1 aromatic rings. The SMILES string of the molecule is N=C/C(=C(/Cl)Nc1ccc(F)cc1)[N+](=O)[O-]. The second kappa shape index (κ2) is 5.22. The number of rotatable bonds is 4. The Balaban J connectivity index is 2.92. The Morgan fingerprint density at radius 3 is 2.50 bits per heavy atom. The highest BCUT2D eigenvalue weighted by molar-refractivity contribution is 6.32. The lowest BCUT2D eigenvalue weighted by Gasteiger charge is -2.03. The van der Waals surface area contributed by atoms with E-state index in [9.17, 15) is 14.5 Å². The van der Waals surface area contributed by atoms with Gasteiger partial charge < -0.3 is 10.7 Å². The number of benzene rings is 1. The van der Waals surface area contributed by atoms with Crippen LogP contribution < -0.4 is 5.32 Å². The van der Waals surface area contributed by atoms with E-state index in [-0.39, 0.29) is 5.16 Å². The number of nitrogens with one attached hydrogen (secondary N) is 2. The van der Waals surface area contributed by atoms with Gasteiger partial charge in [-0.25, -0.2) is 4.39 Å². The smallest absolute Gasteiger partial charge is 0.321 e. The number of nitrogens with zero attached hydrogens (tertiary/aromatic N) is 1. The van der Waals surface area contributed by atoms with E-state index in [1.54, 1.807) is 0 Å². The van der Waals surface area contributed by atoms with E-state index >= 15 is 0 Å². The molecule has 84 valence electrons. The molecule has 0 atom stereocenters. The standard InChI is InChI=1S/C9H7ClFN3O2/c10-9(8(5-12)14(15)16)13-7-3-1-6(11)2-4-7/h1-5,12-13H/b9-8+,12-5?. The summed E-state index contributed by atoms with van der Waals surface area (Å²) >= 11 is 5.60. The van der Waals surface area contributed by atoms with E-state index in [1.165, 1.54) is 24.3 Å². The monoisotopic (exact) mass is 243 g/mol. The van der Waals surface area contributed by atoms with E-state index in [0.29, 0.717) is 11.9 Å². The van der Waals surface area contributed by atoms with Crippen LogP contribution in [0.1, 0.15) is 0 Å². The first kappa shape index (κ1) is 12.1. The number of halogens is 2. The number of nitro groups is 1. The summed E-state index contributed by atoms with van der Waals surface area (Å²) in [6.45, 7) is 0. The van der Waals surface area contributed by atoms with Gasteiger partial charge in [-0.15, -0.1) is 0 Å². The predicted molar refractivity (Wildman–Crippen MR) is 58.7 cm³/mol. The molecule has 0 amide bonds. The molecular formula is C9H7ClFN3O2. The van der Waals surface area contributed by atoms with Crippen molar-refractivity contribution in [3.05, 3.63) is 51.1 Å². The van der Waals surface area contributed by atoms with Crippen molar-refractivity contribution in [2.75, 3.05) is 5.32 Å². The van der Waals surface area contributed by atoms with Gasteiger partial charge in [-0.3, -0.25) is 10.1 Å². The quantitative estimate of drug-likeness (QED) is 0.369. The van der Waals surface area contributed by atoms with Crippen LogP contribution in [0.3, 0.4) is 0 Å². The summed E-state index contributed by atoms with van der Waals surface area (Å²) in [5.74, 6) is -0.424. The minimum atomic E-state index is -0.786. The summed E-state index contributed by atoms with van der Waals surface area (Å²) in [6.07, 6.45) is 0.527. The van der Waals surface area contributed by atoms with Crippen molar-refractivity contribution in [2.45, 2.75) is 0 Å². The summed E-state index contributed by atoms with van der Waals surface area (Å²) in [7, 11) is 0. The normalized spacial score (nSPS) is 11.6. The zero-order valence-corrected chi connectivity index (χ0v) is 8.66. The van der Waals surface area contributed by atoms with Crippen LogP contribution in [0.5, 0.6) is 0 Å². The lowest BCUT2D eigenvalue weighted by molar-refractivity contribution is -0.414. The zero-order valence-electron chi connectivity index (χ0n) is 7.91. The Hall–Kier alpha value is -1.95. The summed E-state index contributed by atoms with van der Waals surface area (Å²) in [5, 5.41) is 19.4. The van der Waals surface area contributed by atoms with Crippen molar-refractivity contribution in [3.63, 3.8) is 0 Å². The van der Waals surface area contributed by atoms with E-state index in [2.05, 4.69) is 5.32 Å². The first-order chi connectivity index (χ1) is 7.54. The highest BCUT2D eigenvalue weighted by Gasteiger charge is 2.14. The van der Waals surface area contributed by atoms with Crippen molar-refractivity contribution in [1.82, 2.24) is 0 Å². The zero-order chi connectivity index (χ0) is 12.1. The average Bonchev–Trinajstić information content (AvgIpc) is 2.22. The Morgan fingerprint density at radius 2 is 2.06 bits per heavy atom. The van der Waals surface area contributed by atoms with Gasteiger partial charge in [0, 0.05) is 5.69 Å². The molecule has 0 spiro atoms. The first-order valence-electron chi connectivity index (χ1n) is 4.12. The van der Waals surface area contributed by atoms with Crippen molar-refractivity contribution >= 4 is 23.5 Å². The van der Waals surface area contributed by atoms with Gasteiger partial charge >= 0.3 is 5.70 Å². The van der Waals surface area contributed by atoms with Gasteiger partial charge in [-0.1, -0.05) is 11.6 Å². The van der Waals surface area contributed by atoms with Crippen molar-refractivity contribution in [1.29, 1.82) is 5.41 Å². The topological polar surface area (TPSA) is 79.0 Å². The molecule has 0 bridgehead atoms. The van der Waals surface area contributed by atoms with Crippen molar-refractivity contribution < 1.29 is 9.31 Å². The van der Waals surface area contributed by atoms with Crippen LogP contribution in [0.15, 0.2) is 35.1 Å². The minimum Gasteiger partial charge on any atom is -0.340 e. The van der Waals surface area contributed by atoms with E-state index in [4.69, 9.17) is 17.0 Å². The molecule has 16 heavy (non-hydrogen) atoms. The van der Waals surface area contributed by atoms with Gasteiger partial charge in [-0.2, -0.15) is 0 Å². The molecule has 0 radical (unpaired) electrons. The largest absolute Gasteiger partial charge is 0.340 e. The summed E-state index contributed by atoms with van der Waals surface area (Å²) < 4.78 is 12.6. The fourth-order valence-corrected chi connectivity index (χ4v) is 1.15. The molecule has 5 nitrogen and oxygen atoms in total. The third kappa shape index (κ3) is 3.03. The molecule has 2 N–H and O–H groups in total. The second-order valence-electron chi connectivity index (χ2n) is 2.73. The van der Waals surface area contributed by atoms with Gasteiger partial charge in [-0.05, 0) is 24.3 Å². The molecular weight excluding hydrogens is 237 g/mol. The minimum absolute atomic E-state index is 0.299. The van der Waals surface area contributed by atoms with Gasteiger partial charge in [0.2, 0.25) is 0 Å². The van der Waals surface area contributed by atoms with Crippen LogP contribution in [-0.2, 0) is 0 Å². The first-order valence-corrected chi connectivity index (χ1v) is 4.49. The Bertz CT molecular complexity index is 445. The van der Waals surface area contributed by atoms with Gasteiger partial charge in [0.25, 0.3) is 0 Å². The summed E-state index contributed by atoms with van der Waals surface area (Å²) in [6, 6.07) is 5.12. The highest BCUT2D eigenvalue weighted by Crippen LogP contribution is 2.15. The molecule has 0 unspecified atom stereocenters. The fraction of sp³-hybridized carbons (Fsp3) is 0. The predicted octanol–water partition coefficient (Wildman–Crippen LogP) is 2.57. The summed E-state index contributed by atoms with van der Waals surface area (Å²) in [4.78, 5) is 9.64. The number of hydrogen-bond donors (Lipinski definition) is 2.